The third-order valence-electron chi connectivity index (χ3n) is 17.1. The summed E-state index contributed by atoms with van der Waals surface area (Å²) in [6, 6.07) is -6.80. The van der Waals surface area contributed by atoms with Crippen molar-refractivity contribution < 1.29 is 86.3 Å². The van der Waals surface area contributed by atoms with Crippen LogP contribution in [0.5, 0.6) is 0 Å². The molecule has 105 heavy (non-hydrogen) atoms. The molecule has 0 bridgehead atoms. The second kappa shape index (κ2) is 57.1. The Balaban J connectivity index is 3.03. The van der Waals surface area contributed by atoms with Crippen molar-refractivity contribution in [2.45, 2.75) is 262 Å². The van der Waals surface area contributed by atoms with Crippen LogP contribution in [0, 0.1) is 5.92 Å². The van der Waals surface area contributed by atoms with Gasteiger partial charge in [0.05, 0.1) is 22.8 Å². The molecule has 1 saturated heterocycles. The number of amides is 14. The average molecular weight is 1560 g/mol. The van der Waals surface area contributed by atoms with E-state index in [4.69, 9.17) is 17.2 Å². The summed E-state index contributed by atoms with van der Waals surface area (Å²) in [7, 11) is 0. The lowest BCUT2D eigenvalue weighted by atomic mass is 9.91. The quantitative estimate of drug-likeness (QED) is 0.0235. The molecule has 8 unspecified atom stereocenters. The molecule has 0 aromatic carbocycles. The molecule has 1 rings (SSSR count). The molecule has 0 aromatic rings. The third kappa shape index (κ3) is 44.6. The van der Waals surface area contributed by atoms with Crippen molar-refractivity contribution in [1.29, 1.82) is 0 Å². The first-order valence-electron chi connectivity index (χ1n) is 36.7. The van der Waals surface area contributed by atoms with Crippen molar-refractivity contribution in [2.24, 2.45) is 23.1 Å². The summed E-state index contributed by atoms with van der Waals surface area (Å²) in [6.07, 6.45) is 8.99. The summed E-state index contributed by atoms with van der Waals surface area (Å²) in [5.41, 5.74) is 17.1. The molecule has 1 aliphatic rings. The molecule has 0 saturated carbocycles. The van der Waals surface area contributed by atoms with E-state index in [0.29, 0.717) is 121 Å². The van der Waals surface area contributed by atoms with Crippen molar-refractivity contribution >= 4 is 154 Å². The molecule has 31 nitrogen and oxygen atoms in total. The van der Waals surface area contributed by atoms with Gasteiger partial charge in [-0.2, -0.15) is 12.6 Å². The molecule has 1 heterocycles. The monoisotopic (exact) mass is 1560 g/mol. The number of rotatable bonds is 64. The first-order valence-corrected chi connectivity index (χ1v) is 40.7. The largest absolute Gasteiger partial charge is 0.369 e. The first-order chi connectivity index (χ1) is 50.0. The van der Waals surface area contributed by atoms with Gasteiger partial charge in [0.2, 0.25) is 82.7 Å². The van der Waals surface area contributed by atoms with Gasteiger partial charge in [-0.05, 0) is 89.2 Å². The van der Waals surface area contributed by atoms with Gasteiger partial charge in [-0.1, -0.05) is 59.8 Å². The SMILES string of the molecule is CCC(=O)CCCCCC(NC(=O)CC)C(=O)CC(CCCCNC(=O)CSCC(NC(C)=O)C(=O)NC(CCCCCC(=O)CCSC1CC(=O)N(CCC(=O)CCCS)C1=O)C(=O)NC(CSCC(=O)NCCCCC(NC(=O)C(CCCCNC(=O)CC)NC(=O)CC)C(N)=O)C(N)=O)C(N)=O. The number of hydrogen-bond acceptors (Lipinski definition) is 22. The van der Waals surface area contributed by atoms with Gasteiger partial charge in [0.15, 0.2) is 5.78 Å². The van der Waals surface area contributed by atoms with Crippen LogP contribution in [0.25, 0.3) is 0 Å². The molecule has 0 aliphatic carbocycles. The molecule has 0 radical (unpaired) electrons. The summed E-state index contributed by atoms with van der Waals surface area (Å²) >= 11 is 7.28. The normalized spacial score (nSPS) is 14.6. The molecule has 1 aliphatic heterocycles. The van der Waals surface area contributed by atoms with Gasteiger partial charge in [-0.15, -0.1) is 35.3 Å². The molecule has 15 N–H and O–H groups in total. The number of unbranched alkanes of at least 4 members (excludes halogenated alkanes) is 7. The topological polar surface area (TPSA) is 497 Å². The number of Topliss-reactive ketones (excluding diaryl/α,β-unsaturated/α-hetero) is 4. The Morgan fingerprint density at radius 2 is 0.886 bits per heavy atom. The summed E-state index contributed by atoms with van der Waals surface area (Å²) < 4.78 is 0. The average Bonchev–Trinajstić information content (AvgIpc) is 1.71. The number of likely N-dealkylation sites (tertiary alicyclic amines) is 1. The molecule has 8 atom stereocenters. The standard InChI is InChI=1S/C70H117N13O18S4/c1-6-47(85)24-12-10-14-27-50(78-59(90)8-3)56(88)39-46(64(71)95)23-16-19-34-75-62(93)44-104-42-55(77-45(5)84)69(100)81-53(29-15-11-13-25-49(87)32-38-105-57-40-63(94)83(70(57)101)36-31-48(86)26-22-37-102)68(99)82-54(66(73)97)41-103-43-61(92)76-35-20-17-28-51(65(72)96)80-67(98)52(79-60(91)9-4)30-18-21-33-74-58(89)7-2/h46,50-55,57,102H,6-44H2,1-5H3,(H2,71,95)(H2,72,96)(H2,73,97)(H,74,89)(H,75,93)(H,76,92)(H,77,84)(H,78,90)(H,79,91)(H,80,98)(H,81,100)(H,82,99). The van der Waals surface area contributed by atoms with Crippen LogP contribution in [0.2, 0.25) is 0 Å². The zero-order valence-corrected chi connectivity index (χ0v) is 65.2. The Hall–Kier alpha value is -7.14. The molecule has 35 heteroatoms. The summed E-state index contributed by atoms with van der Waals surface area (Å²) in [5, 5.41) is 23.4. The van der Waals surface area contributed by atoms with E-state index < -0.39 is 106 Å². The lowest BCUT2D eigenvalue weighted by molar-refractivity contribution is -0.139. The zero-order valence-electron chi connectivity index (χ0n) is 61.9. The predicted molar refractivity (Wildman–Crippen MR) is 405 cm³/mol. The van der Waals surface area contributed by atoms with Crippen LogP contribution in [0.3, 0.4) is 0 Å². The van der Waals surface area contributed by atoms with Crippen molar-refractivity contribution in [3.63, 3.8) is 0 Å². The summed E-state index contributed by atoms with van der Waals surface area (Å²) in [6.45, 7) is 8.71. The maximum atomic E-state index is 14.1. The molecule has 594 valence electrons. The second-order valence-electron chi connectivity index (χ2n) is 25.8. The van der Waals surface area contributed by atoms with Crippen LogP contribution in [-0.2, 0) is 86.3 Å². The van der Waals surface area contributed by atoms with Gasteiger partial charge in [0.1, 0.15) is 47.6 Å². The minimum Gasteiger partial charge on any atom is -0.369 e. The maximum absolute atomic E-state index is 14.1. The van der Waals surface area contributed by atoms with Crippen LogP contribution in [0.4, 0.5) is 0 Å². The number of thiol groups is 1. The van der Waals surface area contributed by atoms with Gasteiger partial charge in [-0.25, -0.2) is 0 Å². The van der Waals surface area contributed by atoms with E-state index in [1.54, 1.807) is 27.7 Å². The van der Waals surface area contributed by atoms with Crippen LogP contribution in [0.1, 0.15) is 221 Å². The first kappa shape index (κ1) is 95.9. The molecular formula is C70H117N13O18S4. The van der Waals surface area contributed by atoms with Gasteiger partial charge in [-0.3, -0.25) is 91.2 Å². The van der Waals surface area contributed by atoms with Crippen molar-refractivity contribution in [2.75, 3.05) is 60.7 Å². The van der Waals surface area contributed by atoms with Crippen LogP contribution in [-0.4, -0.2) is 213 Å². The Labute approximate surface area is 635 Å². The lowest BCUT2D eigenvalue weighted by Gasteiger charge is -2.24. The van der Waals surface area contributed by atoms with E-state index in [-0.39, 0.29) is 172 Å². The highest BCUT2D eigenvalue weighted by Crippen LogP contribution is 2.27. The van der Waals surface area contributed by atoms with E-state index in [0.717, 1.165) is 28.4 Å². The number of hydrogen-bond donors (Lipinski definition) is 13. The van der Waals surface area contributed by atoms with Gasteiger partial charge in [0.25, 0.3) is 0 Å². The smallest absolute Gasteiger partial charge is 0.244 e. The number of imide groups is 1. The maximum Gasteiger partial charge on any atom is 0.244 e. The highest BCUT2D eigenvalue weighted by molar-refractivity contribution is 8.00. The summed E-state index contributed by atoms with van der Waals surface area (Å²) in [4.78, 5) is 231. The van der Waals surface area contributed by atoms with Gasteiger partial charge < -0.3 is 65.1 Å². The minimum absolute atomic E-state index is 0.00500. The molecule has 0 spiro atoms. The molecule has 1 fully saturated rings. The Bertz CT molecular complexity index is 2880. The van der Waals surface area contributed by atoms with Crippen LogP contribution < -0.4 is 65.1 Å². The molecular weight excluding hydrogens is 1440 g/mol. The highest BCUT2D eigenvalue weighted by Gasteiger charge is 2.39. The molecule has 0 aromatic heterocycles. The third-order valence-corrected chi connectivity index (χ3v) is 20.7. The van der Waals surface area contributed by atoms with Crippen molar-refractivity contribution in [3.05, 3.63) is 0 Å². The predicted octanol–water partition coefficient (Wildman–Crippen LogP) is 1.87. The minimum atomic E-state index is -1.35. The Kier molecular flexibility index (Phi) is 52.1. The van der Waals surface area contributed by atoms with E-state index in [9.17, 15) is 86.3 Å². The fraction of sp³-hybridized carbons (Fsp3) is 0.743. The fourth-order valence-electron chi connectivity index (χ4n) is 10.8. The summed E-state index contributed by atoms with van der Waals surface area (Å²) in [5.74, 6) is -8.74. The van der Waals surface area contributed by atoms with Crippen molar-refractivity contribution in [3.8, 4) is 0 Å². The Morgan fingerprint density at radius 3 is 1.40 bits per heavy atom. The van der Waals surface area contributed by atoms with E-state index in [1.165, 1.54) is 18.7 Å². The number of carbonyl (C=O) groups excluding carboxylic acids is 18. The number of nitrogens with zero attached hydrogens (tertiary/aromatic N) is 1. The number of carbonyl (C=O) groups is 18. The lowest BCUT2D eigenvalue weighted by Crippen LogP contribution is -2.57. The number of nitrogens with one attached hydrogen (secondary N) is 9. The Morgan fingerprint density at radius 1 is 0.448 bits per heavy atom. The van der Waals surface area contributed by atoms with Crippen molar-refractivity contribution in [1.82, 2.24) is 52.8 Å². The highest BCUT2D eigenvalue weighted by atomic mass is 32.2. The number of thioether (sulfide) groups is 3. The van der Waals surface area contributed by atoms with E-state index >= 15 is 0 Å². The van der Waals surface area contributed by atoms with Crippen LogP contribution >= 0.6 is 47.9 Å². The number of nitrogens with two attached hydrogens (primary N) is 3. The van der Waals surface area contributed by atoms with Gasteiger partial charge >= 0.3 is 0 Å². The number of ketones is 4. The van der Waals surface area contributed by atoms with Crippen LogP contribution in [0.15, 0.2) is 0 Å². The second-order valence-corrected chi connectivity index (χ2v) is 29.6. The zero-order chi connectivity index (χ0) is 78.7. The molecule has 14 amide bonds. The van der Waals surface area contributed by atoms with E-state index in [1.807, 2.05) is 0 Å². The van der Waals surface area contributed by atoms with Gasteiger partial charge in [0, 0.05) is 127 Å². The number of primary amides is 3. The van der Waals surface area contributed by atoms with E-state index in [2.05, 4.69) is 60.5 Å². The fourth-order valence-corrected chi connectivity index (χ4v) is 13.9.